The number of hydrogen-bond donors (Lipinski definition) is 1. The standard InChI is InChI=1S/C13H14N4O2/c1-9-4-3-5-14-11(9)7-15-13-6-10(2)12(8-16-13)17(18)19/h3-6,8H,7H2,1-2H3,(H,15,16). The van der Waals surface area contributed by atoms with E-state index in [1.807, 2.05) is 19.1 Å². The van der Waals surface area contributed by atoms with Gasteiger partial charge in [0, 0.05) is 11.8 Å². The Morgan fingerprint density at radius 3 is 2.74 bits per heavy atom. The molecule has 0 saturated carbocycles. The molecule has 0 bridgehead atoms. The molecule has 2 aromatic rings. The summed E-state index contributed by atoms with van der Waals surface area (Å²) in [7, 11) is 0. The van der Waals surface area contributed by atoms with E-state index in [9.17, 15) is 10.1 Å². The molecule has 1 N–H and O–H groups in total. The minimum atomic E-state index is -0.436. The van der Waals surface area contributed by atoms with Crippen molar-refractivity contribution < 1.29 is 4.92 Å². The fraction of sp³-hybridized carbons (Fsp3) is 0.231. The van der Waals surface area contributed by atoms with Crippen LogP contribution in [0, 0.1) is 24.0 Å². The van der Waals surface area contributed by atoms with Gasteiger partial charge in [-0.2, -0.15) is 0 Å². The van der Waals surface area contributed by atoms with Crippen molar-refractivity contribution >= 4 is 11.5 Å². The zero-order chi connectivity index (χ0) is 13.8. The summed E-state index contributed by atoms with van der Waals surface area (Å²) in [4.78, 5) is 18.5. The molecule has 0 saturated heterocycles. The van der Waals surface area contributed by atoms with Gasteiger partial charge >= 0.3 is 0 Å². The van der Waals surface area contributed by atoms with Gasteiger partial charge in [-0.25, -0.2) is 4.98 Å². The number of nitro groups is 1. The number of rotatable bonds is 4. The quantitative estimate of drug-likeness (QED) is 0.673. The Kier molecular flexibility index (Phi) is 3.70. The zero-order valence-electron chi connectivity index (χ0n) is 10.8. The maximum absolute atomic E-state index is 10.7. The first kappa shape index (κ1) is 12.9. The molecule has 0 amide bonds. The highest BCUT2D eigenvalue weighted by Crippen LogP contribution is 2.19. The lowest BCUT2D eigenvalue weighted by molar-refractivity contribution is -0.385. The molecule has 6 heteroatoms. The Hall–Kier alpha value is -2.50. The first-order valence-corrected chi connectivity index (χ1v) is 5.83. The predicted octanol–water partition coefficient (Wildman–Crippen LogP) is 2.61. The number of aryl methyl sites for hydroxylation is 2. The van der Waals surface area contributed by atoms with E-state index in [1.165, 1.54) is 6.20 Å². The average Bonchev–Trinajstić information content (AvgIpc) is 2.37. The normalized spacial score (nSPS) is 10.2. The fourth-order valence-electron chi connectivity index (χ4n) is 1.71. The van der Waals surface area contributed by atoms with Gasteiger partial charge in [0.2, 0.25) is 0 Å². The molecule has 2 heterocycles. The van der Waals surface area contributed by atoms with Gasteiger partial charge in [0.1, 0.15) is 12.0 Å². The number of aromatic nitrogens is 2. The lowest BCUT2D eigenvalue weighted by Gasteiger charge is -2.07. The van der Waals surface area contributed by atoms with Crippen LogP contribution in [0.4, 0.5) is 11.5 Å². The van der Waals surface area contributed by atoms with Gasteiger partial charge in [0.25, 0.3) is 5.69 Å². The summed E-state index contributed by atoms with van der Waals surface area (Å²) in [6, 6.07) is 5.53. The second kappa shape index (κ2) is 5.43. The second-order valence-electron chi connectivity index (χ2n) is 4.23. The third kappa shape index (κ3) is 3.04. The topological polar surface area (TPSA) is 81.0 Å². The van der Waals surface area contributed by atoms with Crippen LogP contribution < -0.4 is 5.32 Å². The van der Waals surface area contributed by atoms with E-state index in [4.69, 9.17) is 0 Å². The van der Waals surface area contributed by atoms with Crippen LogP contribution in [-0.4, -0.2) is 14.9 Å². The molecule has 0 aromatic carbocycles. The van der Waals surface area contributed by atoms with E-state index in [1.54, 1.807) is 19.2 Å². The highest BCUT2D eigenvalue weighted by atomic mass is 16.6. The van der Waals surface area contributed by atoms with E-state index in [0.717, 1.165) is 11.3 Å². The summed E-state index contributed by atoms with van der Waals surface area (Å²) < 4.78 is 0. The van der Waals surface area contributed by atoms with Crippen molar-refractivity contribution in [3.8, 4) is 0 Å². The Morgan fingerprint density at radius 1 is 1.32 bits per heavy atom. The Bertz CT molecular complexity index is 613. The minimum absolute atomic E-state index is 0.0274. The predicted molar refractivity (Wildman–Crippen MR) is 71.9 cm³/mol. The van der Waals surface area contributed by atoms with E-state index in [-0.39, 0.29) is 5.69 Å². The monoisotopic (exact) mass is 258 g/mol. The van der Waals surface area contributed by atoms with Crippen molar-refractivity contribution in [1.29, 1.82) is 0 Å². The van der Waals surface area contributed by atoms with Crippen LogP contribution in [0.5, 0.6) is 0 Å². The number of pyridine rings is 2. The molecule has 0 spiro atoms. The average molecular weight is 258 g/mol. The van der Waals surface area contributed by atoms with Crippen molar-refractivity contribution in [2.24, 2.45) is 0 Å². The van der Waals surface area contributed by atoms with Gasteiger partial charge in [0.05, 0.1) is 17.2 Å². The molecule has 0 unspecified atom stereocenters. The van der Waals surface area contributed by atoms with Crippen LogP contribution in [0.3, 0.4) is 0 Å². The Labute approximate surface area is 110 Å². The first-order chi connectivity index (χ1) is 9.08. The van der Waals surface area contributed by atoms with Crippen LogP contribution in [0.2, 0.25) is 0 Å². The summed E-state index contributed by atoms with van der Waals surface area (Å²) in [6.07, 6.45) is 3.00. The molecule has 0 aliphatic carbocycles. The fourth-order valence-corrected chi connectivity index (χ4v) is 1.71. The highest BCUT2D eigenvalue weighted by Gasteiger charge is 2.11. The molecule has 0 aliphatic heterocycles. The van der Waals surface area contributed by atoms with Crippen molar-refractivity contribution in [1.82, 2.24) is 9.97 Å². The number of anilines is 1. The van der Waals surface area contributed by atoms with Crippen molar-refractivity contribution in [2.45, 2.75) is 20.4 Å². The van der Waals surface area contributed by atoms with Gasteiger partial charge in [-0.3, -0.25) is 15.1 Å². The van der Waals surface area contributed by atoms with Crippen molar-refractivity contribution in [3.63, 3.8) is 0 Å². The number of hydrogen-bond acceptors (Lipinski definition) is 5. The van der Waals surface area contributed by atoms with Gasteiger partial charge < -0.3 is 5.32 Å². The third-order valence-electron chi connectivity index (χ3n) is 2.83. The lowest BCUT2D eigenvalue weighted by Crippen LogP contribution is -2.05. The first-order valence-electron chi connectivity index (χ1n) is 5.83. The summed E-state index contributed by atoms with van der Waals surface area (Å²) in [5.74, 6) is 0.605. The number of nitrogens with zero attached hydrogens (tertiary/aromatic N) is 3. The van der Waals surface area contributed by atoms with Gasteiger partial charge in [-0.05, 0) is 31.5 Å². The van der Waals surface area contributed by atoms with Crippen LogP contribution in [0.1, 0.15) is 16.8 Å². The smallest absolute Gasteiger partial charge is 0.290 e. The molecular weight excluding hydrogens is 244 g/mol. The van der Waals surface area contributed by atoms with Crippen molar-refractivity contribution in [3.05, 3.63) is 57.5 Å². The largest absolute Gasteiger partial charge is 0.364 e. The van der Waals surface area contributed by atoms with Crippen LogP contribution in [0.15, 0.2) is 30.6 Å². The maximum Gasteiger partial charge on any atom is 0.290 e. The SMILES string of the molecule is Cc1cc(NCc2ncccc2C)ncc1[N+](=O)[O-]. The Morgan fingerprint density at radius 2 is 2.11 bits per heavy atom. The molecule has 0 atom stereocenters. The molecule has 2 rings (SSSR count). The summed E-state index contributed by atoms with van der Waals surface area (Å²) in [5.41, 5.74) is 2.63. The second-order valence-corrected chi connectivity index (χ2v) is 4.23. The third-order valence-corrected chi connectivity index (χ3v) is 2.83. The summed E-state index contributed by atoms with van der Waals surface area (Å²) in [5, 5.41) is 13.8. The lowest BCUT2D eigenvalue weighted by atomic mass is 10.2. The maximum atomic E-state index is 10.7. The van der Waals surface area contributed by atoms with E-state index in [0.29, 0.717) is 17.9 Å². The van der Waals surface area contributed by atoms with E-state index >= 15 is 0 Å². The molecule has 98 valence electrons. The molecule has 0 fully saturated rings. The van der Waals surface area contributed by atoms with Crippen LogP contribution in [-0.2, 0) is 6.54 Å². The molecule has 0 radical (unpaired) electrons. The molecule has 19 heavy (non-hydrogen) atoms. The molecule has 2 aromatic heterocycles. The van der Waals surface area contributed by atoms with Crippen molar-refractivity contribution in [2.75, 3.05) is 5.32 Å². The Balaban J connectivity index is 2.11. The highest BCUT2D eigenvalue weighted by molar-refractivity contribution is 5.47. The molecular formula is C13H14N4O2. The summed E-state index contributed by atoms with van der Waals surface area (Å²) in [6.45, 7) is 4.21. The van der Waals surface area contributed by atoms with Crippen LogP contribution >= 0.6 is 0 Å². The molecule has 6 nitrogen and oxygen atoms in total. The zero-order valence-corrected chi connectivity index (χ0v) is 10.8. The van der Waals surface area contributed by atoms with Gasteiger partial charge in [-0.1, -0.05) is 6.07 Å². The van der Waals surface area contributed by atoms with E-state index in [2.05, 4.69) is 15.3 Å². The van der Waals surface area contributed by atoms with Crippen LogP contribution in [0.25, 0.3) is 0 Å². The van der Waals surface area contributed by atoms with E-state index < -0.39 is 4.92 Å². The summed E-state index contributed by atoms with van der Waals surface area (Å²) >= 11 is 0. The minimum Gasteiger partial charge on any atom is -0.364 e. The van der Waals surface area contributed by atoms with Gasteiger partial charge in [-0.15, -0.1) is 0 Å². The van der Waals surface area contributed by atoms with Gasteiger partial charge in [0.15, 0.2) is 0 Å². The molecule has 0 aliphatic rings. The number of nitrogens with one attached hydrogen (secondary N) is 1.